The molecule has 0 radical (unpaired) electrons. The molecule has 3 aromatic rings. The maximum Gasteiger partial charge on any atom is 0.289 e. The molecule has 1 aromatic heterocycles. The molecule has 5 nitrogen and oxygen atoms in total. The number of anilines is 1. The number of halogens is 1. The first-order valence-corrected chi connectivity index (χ1v) is 8.19. The number of aromatic amines is 1. The summed E-state index contributed by atoms with van der Waals surface area (Å²) in [5.74, 6) is 1.55. The van der Waals surface area contributed by atoms with Gasteiger partial charge in [-0.15, -0.1) is 0 Å². The molecule has 0 fully saturated rings. The number of H-pyrrole nitrogens is 1. The van der Waals surface area contributed by atoms with Gasteiger partial charge in [0.05, 0.1) is 14.2 Å². The number of nitrogens with zero attached hydrogens (tertiary/aromatic N) is 1. The average molecular weight is 367 g/mol. The molecule has 0 aliphatic heterocycles. The highest BCUT2D eigenvalue weighted by atomic mass is 35.5. The van der Waals surface area contributed by atoms with Gasteiger partial charge < -0.3 is 9.47 Å². The molecule has 0 unspecified atom stereocenters. The van der Waals surface area contributed by atoms with Crippen LogP contribution in [0, 0.1) is 11.3 Å². The number of benzene rings is 2. The highest BCUT2D eigenvalue weighted by Crippen LogP contribution is 2.37. The van der Waals surface area contributed by atoms with Gasteiger partial charge in [-0.1, -0.05) is 11.6 Å². The van der Waals surface area contributed by atoms with E-state index >= 15 is 0 Å². The highest BCUT2D eigenvalue weighted by molar-refractivity contribution is 6.30. The van der Waals surface area contributed by atoms with Crippen molar-refractivity contribution >= 4 is 17.4 Å². The minimum Gasteiger partial charge on any atom is -0.497 e. The third-order valence-electron chi connectivity index (χ3n) is 4.06. The minimum atomic E-state index is 0.278. The van der Waals surface area contributed by atoms with Gasteiger partial charge in [0.1, 0.15) is 28.8 Å². The van der Waals surface area contributed by atoms with Crippen molar-refractivity contribution in [2.45, 2.75) is 0 Å². The fraction of sp³-hybridized carbons (Fsp3) is 0.100. The SMILES string of the molecule is COc1ccc(OC)c(-c2cc(-c3ccc(Cl)cc3)[nH+]c(N)c2C#N)c1. The lowest BCUT2D eigenvalue weighted by atomic mass is 9.97. The number of ether oxygens (including phenoxy) is 2. The quantitative estimate of drug-likeness (QED) is 0.757. The van der Waals surface area contributed by atoms with Crippen molar-refractivity contribution in [3.63, 3.8) is 0 Å². The number of pyridine rings is 1. The molecule has 0 aliphatic carbocycles. The van der Waals surface area contributed by atoms with Crippen LogP contribution in [0.15, 0.2) is 48.5 Å². The molecule has 1 heterocycles. The Morgan fingerprint density at radius 1 is 1.00 bits per heavy atom. The number of hydrogen-bond donors (Lipinski definition) is 1. The van der Waals surface area contributed by atoms with E-state index in [0.29, 0.717) is 27.6 Å². The molecule has 6 heteroatoms. The van der Waals surface area contributed by atoms with Crippen LogP contribution in [0.2, 0.25) is 5.02 Å². The molecule has 0 aliphatic rings. The summed E-state index contributed by atoms with van der Waals surface area (Å²) in [5, 5.41) is 10.3. The van der Waals surface area contributed by atoms with Crippen molar-refractivity contribution in [3.8, 4) is 40.0 Å². The fourth-order valence-corrected chi connectivity index (χ4v) is 2.87. The van der Waals surface area contributed by atoms with Crippen molar-refractivity contribution in [1.29, 1.82) is 5.26 Å². The summed E-state index contributed by atoms with van der Waals surface area (Å²) in [6.07, 6.45) is 0. The second kappa shape index (κ2) is 7.34. The molecular weight excluding hydrogens is 350 g/mol. The molecule has 2 aromatic carbocycles. The summed E-state index contributed by atoms with van der Waals surface area (Å²) in [7, 11) is 3.17. The molecule has 0 atom stereocenters. The van der Waals surface area contributed by atoms with Crippen LogP contribution in [0.25, 0.3) is 22.4 Å². The maximum absolute atomic E-state index is 9.61. The van der Waals surface area contributed by atoms with Gasteiger partial charge in [0.25, 0.3) is 5.82 Å². The van der Waals surface area contributed by atoms with Crippen LogP contribution in [0.5, 0.6) is 11.5 Å². The third-order valence-corrected chi connectivity index (χ3v) is 4.31. The Bertz CT molecular complexity index is 995. The average Bonchev–Trinajstić information content (AvgIpc) is 2.67. The number of hydrogen-bond acceptors (Lipinski definition) is 4. The van der Waals surface area contributed by atoms with E-state index in [1.165, 1.54) is 0 Å². The Balaban J connectivity index is 2.27. The summed E-state index contributed by atoms with van der Waals surface area (Å²) in [4.78, 5) is 3.08. The van der Waals surface area contributed by atoms with Gasteiger partial charge in [-0.25, -0.2) is 4.98 Å². The second-order valence-corrected chi connectivity index (χ2v) is 6.01. The van der Waals surface area contributed by atoms with Gasteiger partial charge >= 0.3 is 0 Å². The van der Waals surface area contributed by atoms with Gasteiger partial charge in [0.2, 0.25) is 0 Å². The number of nitrogen functional groups attached to an aromatic ring is 1. The predicted molar refractivity (Wildman–Crippen MR) is 101 cm³/mol. The smallest absolute Gasteiger partial charge is 0.289 e. The van der Waals surface area contributed by atoms with E-state index in [4.69, 9.17) is 26.8 Å². The summed E-state index contributed by atoms with van der Waals surface area (Å²) >= 11 is 5.97. The summed E-state index contributed by atoms with van der Waals surface area (Å²) in [5.41, 5.74) is 9.50. The molecule has 0 spiro atoms. The highest BCUT2D eigenvalue weighted by Gasteiger charge is 2.20. The number of methoxy groups -OCH3 is 2. The number of nitrogens with two attached hydrogens (primary N) is 1. The summed E-state index contributed by atoms with van der Waals surface area (Å²) in [6, 6.07) is 16.8. The van der Waals surface area contributed by atoms with Gasteiger partial charge in [-0.2, -0.15) is 5.26 Å². The Kier molecular flexibility index (Phi) is 4.97. The number of rotatable bonds is 4. The molecule has 0 saturated carbocycles. The van der Waals surface area contributed by atoms with Crippen LogP contribution < -0.4 is 20.2 Å². The second-order valence-electron chi connectivity index (χ2n) is 5.57. The number of nitriles is 1. The zero-order valence-electron chi connectivity index (χ0n) is 14.3. The first-order chi connectivity index (χ1) is 12.6. The zero-order valence-corrected chi connectivity index (χ0v) is 15.1. The topological polar surface area (TPSA) is 82.4 Å². The van der Waals surface area contributed by atoms with Crippen molar-refractivity contribution in [1.82, 2.24) is 0 Å². The Labute approximate surface area is 156 Å². The van der Waals surface area contributed by atoms with E-state index in [0.717, 1.165) is 16.8 Å². The van der Waals surface area contributed by atoms with Crippen LogP contribution in [-0.2, 0) is 0 Å². The normalized spacial score (nSPS) is 10.2. The van der Waals surface area contributed by atoms with Crippen LogP contribution in [0.4, 0.5) is 5.82 Å². The largest absolute Gasteiger partial charge is 0.497 e. The van der Waals surface area contributed by atoms with E-state index < -0.39 is 0 Å². The van der Waals surface area contributed by atoms with Crippen LogP contribution in [-0.4, -0.2) is 14.2 Å². The summed E-state index contributed by atoms with van der Waals surface area (Å²) < 4.78 is 10.8. The van der Waals surface area contributed by atoms with Crippen molar-refractivity contribution < 1.29 is 14.5 Å². The molecule has 3 N–H and O–H groups in total. The van der Waals surface area contributed by atoms with Crippen LogP contribution in [0.1, 0.15) is 5.56 Å². The van der Waals surface area contributed by atoms with Crippen molar-refractivity contribution in [2.75, 3.05) is 20.0 Å². The Hall–Kier alpha value is -3.23. The molecular formula is C20H17ClN3O2+. The minimum absolute atomic E-state index is 0.278. The van der Waals surface area contributed by atoms with Gasteiger partial charge in [0, 0.05) is 21.7 Å². The molecule has 130 valence electrons. The van der Waals surface area contributed by atoms with Crippen LogP contribution in [0.3, 0.4) is 0 Å². The van der Waals surface area contributed by atoms with Gasteiger partial charge in [-0.05, 0) is 48.5 Å². The predicted octanol–water partition coefficient (Wildman–Crippen LogP) is 3.96. The first kappa shape index (κ1) is 17.6. The Morgan fingerprint density at radius 2 is 1.73 bits per heavy atom. The lowest BCUT2D eigenvalue weighted by molar-refractivity contribution is -0.346. The van der Waals surface area contributed by atoms with E-state index in [9.17, 15) is 5.26 Å². The molecule has 26 heavy (non-hydrogen) atoms. The van der Waals surface area contributed by atoms with Crippen LogP contribution >= 0.6 is 11.6 Å². The lowest BCUT2D eigenvalue weighted by Gasteiger charge is -2.13. The fourth-order valence-electron chi connectivity index (χ4n) is 2.75. The van der Waals surface area contributed by atoms with E-state index in [1.54, 1.807) is 38.5 Å². The maximum atomic E-state index is 9.61. The zero-order chi connectivity index (χ0) is 18.7. The van der Waals surface area contributed by atoms with Gasteiger partial charge in [0.15, 0.2) is 0 Å². The molecule has 3 rings (SSSR count). The summed E-state index contributed by atoms with van der Waals surface area (Å²) in [6.45, 7) is 0. The number of aromatic nitrogens is 1. The Morgan fingerprint density at radius 3 is 2.35 bits per heavy atom. The van der Waals surface area contributed by atoms with E-state index in [-0.39, 0.29) is 5.82 Å². The molecule has 0 saturated heterocycles. The standard InChI is InChI=1S/C20H16ClN3O2/c1-25-14-7-8-19(26-2)16(9-14)15-10-18(24-20(23)17(15)11-22)12-3-5-13(21)6-4-12/h3-10H,1-2H3,(H2,23,24)/p+1. The van der Waals surface area contributed by atoms with Crippen molar-refractivity contribution in [2.24, 2.45) is 0 Å². The first-order valence-electron chi connectivity index (χ1n) is 7.81. The lowest BCUT2D eigenvalue weighted by Crippen LogP contribution is -2.16. The third kappa shape index (κ3) is 3.28. The monoisotopic (exact) mass is 366 g/mol. The number of nitrogens with one attached hydrogen (secondary N) is 1. The molecule has 0 bridgehead atoms. The van der Waals surface area contributed by atoms with E-state index in [1.807, 2.05) is 24.3 Å². The van der Waals surface area contributed by atoms with Gasteiger partial charge in [-0.3, -0.25) is 5.73 Å². The van der Waals surface area contributed by atoms with Crippen molar-refractivity contribution in [3.05, 3.63) is 59.1 Å². The van der Waals surface area contributed by atoms with E-state index in [2.05, 4.69) is 11.1 Å². The molecule has 0 amide bonds.